The summed E-state index contributed by atoms with van der Waals surface area (Å²) in [6.07, 6.45) is 0. The van der Waals surface area contributed by atoms with Crippen LogP contribution in [0.5, 0.6) is 0 Å². The monoisotopic (exact) mass is 370 g/mol. The number of nitrogens with one attached hydrogen (secondary N) is 1. The number of rotatable bonds is 2. The van der Waals surface area contributed by atoms with Crippen LogP contribution in [0.1, 0.15) is 16.4 Å². The summed E-state index contributed by atoms with van der Waals surface area (Å²) < 4.78 is 11.9. The summed E-state index contributed by atoms with van der Waals surface area (Å²) in [7, 11) is 0. The van der Waals surface area contributed by atoms with Crippen LogP contribution >= 0.6 is 15.9 Å². The molecule has 114 valence electrons. The van der Waals surface area contributed by atoms with Gasteiger partial charge >= 0.3 is 0 Å². The van der Waals surface area contributed by atoms with Crippen LogP contribution in [-0.2, 0) is 0 Å². The summed E-state index contributed by atoms with van der Waals surface area (Å²) in [5.74, 6) is 0.523. The summed E-state index contributed by atoms with van der Waals surface area (Å²) in [6, 6.07) is 12.6. The topological polar surface area (TPSA) is 68.3 Å². The molecule has 4 aromatic rings. The number of aryl methyl sites for hydroxylation is 1. The summed E-state index contributed by atoms with van der Waals surface area (Å²) >= 11 is 3.44. The summed E-state index contributed by atoms with van der Waals surface area (Å²) in [4.78, 5) is 16.6. The molecule has 1 amide bonds. The number of amides is 1. The van der Waals surface area contributed by atoms with Gasteiger partial charge in [-0.2, -0.15) is 0 Å². The van der Waals surface area contributed by atoms with Gasteiger partial charge in [0.1, 0.15) is 11.1 Å². The SMILES string of the molecule is Cc1nc2ccc(NC(=O)c3cc4c(Br)cccc4o3)cc2o1. The van der Waals surface area contributed by atoms with E-state index in [-0.39, 0.29) is 11.7 Å². The maximum absolute atomic E-state index is 12.4. The van der Waals surface area contributed by atoms with E-state index in [2.05, 4.69) is 26.2 Å². The molecule has 0 saturated carbocycles. The number of carbonyl (C=O) groups excluding carboxylic acids is 1. The Labute approximate surface area is 139 Å². The molecule has 0 aliphatic rings. The van der Waals surface area contributed by atoms with Crippen LogP contribution in [0.3, 0.4) is 0 Å². The number of benzene rings is 2. The molecule has 4 rings (SSSR count). The average Bonchev–Trinajstić information content (AvgIpc) is 3.10. The number of fused-ring (bicyclic) bond motifs is 2. The van der Waals surface area contributed by atoms with Crippen LogP contribution < -0.4 is 5.32 Å². The first-order chi connectivity index (χ1) is 11.1. The number of hydrogen-bond acceptors (Lipinski definition) is 4. The third kappa shape index (κ3) is 2.51. The molecular formula is C17H11BrN2O3. The molecule has 0 bridgehead atoms. The first-order valence-electron chi connectivity index (χ1n) is 6.97. The normalized spacial score (nSPS) is 11.2. The summed E-state index contributed by atoms with van der Waals surface area (Å²) in [6.45, 7) is 1.78. The minimum absolute atomic E-state index is 0.251. The Hall–Kier alpha value is -2.60. The number of aromatic nitrogens is 1. The van der Waals surface area contributed by atoms with Gasteiger partial charge in [-0.25, -0.2) is 4.98 Å². The first-order valence-corrected chi connectivity index (χ1v) is 7.76. The Bertz CT molecular complexity index is 1050. The number of furan rings is 1. The van der Waals surface area contributed by atoms with E-state index in [1.807, 2.05) is 18.2 Å². The quantitative estimate of drug-likeness (QED) is 0.544. The highest BCUT2D eigenvalue weighted by Gasteiger charge is 2.14. The maximum atomic E-state index is 12.4. The summed E-state index contributed by atoms with van der Waals surface area (Å²) in [5, 5.41) is 3.66. The van der Waals surface area contributed by atoms with E-state index in [4.69, 9.17) is 8.83 Å². The van der Waals surface area contributed by atoms with Gasteiger partial charge in [-0.15, -0.1) is 0 Å². The van der Waals surface area contributed by atoms with Gasteiger partial charge in [0, 0.05) is 28.5 Å². The van der Waals surface area contributed by atoms with Crippen molar-refractivity contribution in [1.29, 1.82) is 0 Å². The molecule has 1 N–H and O–H groups in total. The van der Waals surface area contributed by atoms with Gasteiger partial charge in [-0.3, -0.25) is 4.79 Å². The summed E-state index contributed by atoms with van der Waals surface area (Å²) in [5.41, 5.74) is 2.67. The second-order valence-corrected chi connectivity index (χ2v) is 5.99. The number of halogens is 1. The van der Waals surface area contributed by atoms with Crippen molar-refractivity contribution in [3.8, 4) is 0 Å². The van der Waals surface area contributed by atoms with Crippen molar-refractivity contribution in [1.82, 2.24) is 4.98 Å². The number of oxazole rings is 1. The molecule has 0 fully saturated rings. The van der Waals surface area contributed by atoms with Crippen molar-refractivity contribution < 1.29 is 13.6 Å². The lowest BCUT2D eigenvalue weighted by Crippen LogP contribution is -2.10. The zero-order valence-electron chi connectivity index (χ0n) is 12.1. The molecule has 0 saturated heterocycles. The van der Waals surface area contributed by atoms with Gasteiger partial charge in [0.05, 0.1) is 0 Å². The highest BCUT2D eigenvalue weighted by molar-refractivity contribution is 9.10. The fourth-order valence-corrected chi connectivity index (χ4v) is 2.91. The van der Waals surface area contributed by atoms with Crippen LogP contribution in [0.15, 0.2) is 55.8 Å². The van der Waals surface area contributed by atoms with Crippen molar-refractivity contribution in [3.63, 3.8) is 0 Å². The molecule has 0 spiro atoms. The van der Waals surface area contributed by atoms with E-state index < -0.39 is 0 Å². The fourth-order valence-electron chi connectivity index (χ4n) is 2.45. The highest BCUT2D eigenvalue weighted by atomic mass is 79.9. The van der Waals surface area contributed by atoms with Crippen LogP contribution in [0.4, 0.5) is 5.69 Å². The smallest absolute Gasteiger partial charge is 0.291 e. The van der Waals surface area contributed by atoms with Crippen LogP contribution in [0.25, 0.3) is 22.1 Å². The molecular weight excluding hydrogens is 360 g/mol. The van der Waals surface area contributed by atoms with Gasteiger partial charge in [-0.1, -0.05) is 22.0 Å². The molecule has 2 aromatic heterocycles. The molecule has 23 heavy (non-hydrogen) atoms. The Morgan fingerprint density at radius 1 is 1.13 bits per heavy atom. The average molecular weight is 371 g/mol. The fraction of sp³-hybridized carbons (Fsp3) is 0.0588. The van der Waals surface area contributed by atoms with Gasteiger partial charge in [0.15, 0.2) is 17.2 Å². The Balaban J connectivity index is 1.65. The highest BCUT2D eigenvalue weighted by Crippen LogP contribution is 2.27. The van der Waals surface area contributed by atoms with Crippen LogP contribution in [0, 0.1) is 6.92 Å². The van der Waals surface area contributed by atoms with Crippen LogP contribution in [-0.4, -0.2) is 10.9 Å². The van der Waals surface area contributed by atoms with Gasteiger partial charge in [-0.05, 0) is 30.3 Å². The van der Waals surface area contributed by atoms with Crippen molar-refractivity contribution in [2.24, 2.45) is 0 Å². The van der Waals surface area contributed by atoms with E-state index in [0.717, 1.165) is 15.4 Å². The Morgan fingerprint density at radius 3 is 2.83 bits per heavy atom. The van der Waals surface area contributed by atoms with Gasteiger partial charge < -0.3 is 14.2 Å². The number of anilines is 1. The lowest BCUT2D eigenvalue weighted by atomic mass is 10.2. The van der Waals surface area contributed by atoms with E-state index in [1.165, 1.54) is 0 Å². The minimum atomic E-state index is -0.316. The molecule has 0 aliphatic heterocycles. The standard InChI is InChI=1S/C17H11BrN2O3/c1-9-19-13-6-5-10(7-15(13)22-9)20-17(21)16-8-11-12(18)3-2-4-14(11)23-16/h2-8H,1H3,(H,20,21). The zero-order chi connectivity index (χ0) is 16.0. The molecule has 0 aliphatic carbocycles. The predicted octanol–water partition coefficient (Wildman–Crippen LogP) is 4.90. The first kappa shape index (κ1) is 14.0. The zero-order valence-corrected chi connectivity index (χ0v) is 13.7. The molecule has 0 radical (unpaired) electrons. The van der Waals surface area contributed by atoms with Crippen molar-refractivity contribution in [2.45, 2.75) is 6.92 Å². The lowest BCUT2D eigenvalue weighted by Gasteiger charge is -2.02. The van der Waals surface area contributed by atoms with Crippen molar-refractivity contribution in [2.75, 3.05) is 5.32 Å². The second-order valence-electron chi connectivity index (χ2n) is 5.13. The van der Waals surface area contributed by atoms with E-state index in [9.17, 15) is 4.79 Å². The minimum Gasteiger partial charge on any atom is -0.451 e. The lowest BCUT2D eigenvalue weighted by molar-refractivity contribution is 0.0998. The van der Waals surface area contributed by atoms with Crippen molar-refractivity contribution >= 4 is 49.6 Å². The Morgan fingerprint density at radius 2 is 2.00 bits per heavy atom. The molecule has 2 heterocycles. The predicted molar refractivity (Wildman–Crippen MR) is 90.6 cm³/mol. The maximum Gasteiger partial charge on any atom is 0.291 e. The molecule has 2 aromatic carbocycles. The van der Waals surface area contributed by atoms with Gasteiger partial charge in [0.2, 0.25) is 0 Å². The second kappa shape index (κ2) is 5.24. The van der Waals surface area contributed by atoms with Crippen molar-refractivity contribution in [3.05, 3.63) is 58.6 Å². The molecule has 5 nitrogen and oxygen atoms in total. The molecule has 0 atom stereocenters. The Kier molecular flexibility index (Phi) is 3.20. The largest absolute Gasteiger partial charge is 0.451 e. The van der Waals surface area contributed by atoms with E-state index in [1.54, 1.807) is 31.2 Å². The number of carbonyl (C=O) groups is 1. The third-order valence-electron chi connectivity index (χ3n) is 3.49. The van der Waals surface area contributed by atoms with E-state index in [0.29, 0.717) is 22.7 Å². The number of nitrogens with zero attached hydrogens (tertiary/aromatic N) is 1. The number of hydrogen-bond donors (Lipinski definition) is 1. The van der Waals surface area contributed by atoms with E-state index >= 15 is 0 Å². The third-order valence-corrected chi connectivity index (χ3v) is 4.18. The van der Waals surface area contributed by atoms with Gasteiger partial charge in [0.25, 0.3) is 5.91 Å². The molecule has 0 unspecified atom stereocenters. The molecule has 6 heteroatoms. The van der Waals surface area contributed by atoms with Crippen LogP contribution in [0.2, 0.25) is 0 Å².